The number of nitrogens with zero attached hydrogens (tertiary/aromatic N) is 1. The molecule has 0 atom stereocenters. The van der Waals surface area contributed by atoms with E-state index in [0.29, 0.717) is 0 Å². The lowest BCUT2D eigenvalue weighted by Gasteiger charge is -2.28. The maximum atomic E-state index is 4.99. The molecular weight excluding hydrogens is 200 g/mol. The second-order valence-electron chi connectivity index (χ2n) is 4.48. The van der Waals surface area contributed by atoms with Gasteiger partial charge in [-0.3, -0.25) is 4.90 Å². The zero-order valence-electron chi connectivity index (χ0n) is 10.1. The van der Waals surface area contributed by atoms with Gasteiger partial charge in [0.25, 0.3) is 0 Å². The Balaban J connectivity index is 0.000000380. The van der Waals surface area contributed by atoms with Crippen molar-refractivity contribution in [2.45, 2.75) is 27.2 Å². The number of rotatable bonds is 3. The molecule has 1 aliphatic heterocycles. The summed E-state index contributed by atoms with van der Waals surface area (Å²) in [4.78, 5) is 2.34. The van der Waals surface area contributed by atoms with E-state index >= 15 is 0 Å². The van der Waals surface area contributed by atoms with E-state index in [0.717, 1.165) is 44.4 Å². The molecule has 3 heteroatoms. The van der Waals surface area contributed by atoms with Crippen molar-refractivity contribution < 1.29 is 4.74 Å². The fourth-order valence-electron chi connectivity index (χ4n) is 1.37. The Bertz CT molecular complexity index is 190. The highest BCUT2D eigenvalue weighted by Crippen LogP contribution is 2.26. The van der Waals surface area contributed by atoms with Crippen LogP contribution in [-0.2, 0) is 4.74 Å². The number of methoxy groups -OCH3 is 1. The SMILES string of the molecule is C.C=C1CN(CCOC)CCN1.CC1CC1. The molecule has 1 heterocycles. The molecule has 96 valence electrons. The molecule has 1 saturated heterocycles. The summed E-state index contributed by atoms with van der Waals surface area (Å²) in [5.74, 6) is 1.08. The van der Waals surface area contributed by atoms with Crippen LogP contribution in [0.15, 0.2) is 12.3 Å². The van der Waals surface area contributed by atoms with Crippen LogP contribution in [0.25, 0.3) is 0 Å². The maximum Gasteiger partial charge on any atom is 0.0589 e. The lowest BCUT2D eigenvalue weighted by molar-refractivity contribution is 0.147. The van der Waals surface area contributed by atoms with Crippen molar-refractivity contribution in [1.82, 2.24) is 10.2 Å². The van der Waals surface area contributed by atoms with Gasteiger partial charge in [0.15, 0.2) is 0 Å². The molecule has 0 spiro atoms. The van der Waals surface area contributed by atoms with Gasteiger partial charge in [-0.25, -0.2) is 0 Å². The molecule has 16 heavy (non-hydrogen) atoms. The van der Waals surface area contributed by atoms with Crippen LogP contribution in [0.4, 0.5) is 0 Å². The maximum absolute atomic E-state index is 4.99. The Morgan fingerprint density at radius 3 is 2.56 bits per heavy atom. The smallest absolute Gasteiger partial charge is 0.0589 e. The molecule has 0 unspecified atom stereocenters. The summed E-state index contributed by atoms with van der Waals surface area (Å²) < 4.78 is 4.99. The largest absolute Gasteiger partial charge is 0.386 e. The van der Waals surface area contributed by atoms with Gasteiger partial charge in [-0.2, -0.15) is 0 Å². The Hall–Kier alpha value is -0.540. The standard InChI is InChI=1S/C8H16N2O.C4H8.CH4/c1-8-7-10(4-3-9-8)5-6-11-2;1-4-2-3-4;/h9H,1,3-7H2,2H3;4H,2-3H2,1H3;1H4. The molecule has 1 saturated carbocycles. The van der Waals surface area contributed by atoms with Crippen LogP contribution in [0.5, 0.6) is 0 Å². The summed E-state index contributed by atoms with van der Waals surface area (Å²) in [6, 6.07) is 0. The number of piperazine rings is 1. The van der Waals surface area contributed by atoms with Crippen LogP contribution < -0.4 is 5.32 Å². The molecule has 0 aromatic heterocycles. The summed E-state index contributed by atoms with van der Waals surface area (Å²) >= 11 is 0. The Kier molecular flexibility index (Phi) is 8.30. The molecule has 0 aromatic carbocycles. The molecule has 0 radical (unpaired) electrons. The lowest BCUT2D eigenvalue weighted by atomic mass is 10.3. The zero-order chi connectivity index (χ0) is 11.1. The molecule has 0 bridgehead atoms. The third-order valence-electron chi connectivity index (χ3n) is 2.70. The van der Waals surface area contributed by atoms with Crippen LogP contribution in [0, 0.1) is 5.92 Å². The predicted octanol–water partition coefficient (Wildman–Crippen LogP) is 2.10. The molecule has 1 aliphatic carbocycles. The number of hydrogen-bond donors (Lipinski definition) is 1. The molecular formula is C13H28N2O. The van der Waals surface area contributed by atoms with Crippen molar-refractivity contribution in [3.63, 3.8) is 0 Å². The summed E-state index contributed by atoms with van der Waals surface area (Å²) in [5, 5.41) is 3.21. The van der Waals surface area contributed by atoms with Gasteiger partial charge in [-0.05, 0) is 5.92 Å². The highest BCUT2D eigenvalue weighted by Gasteiger charge is 2.12. The molecule has 3 nitrogen and oxygen atoms in total. The molecule has 2 fully saturated rings. The van der Waals surface area contributed by atoms with Gasteiger partial charge in [0.1, 0.15) is 0 Å². The summed E-state index contributed by atoms with van der Waals surface area (Å²) in [7, 11) is 1.73. The lowest BCUT2D eigenvalue weighted by Crippen LogP contribution is -2.42. The zero-order valence-corrected chi connectivity index (χ0v) is 10.1. The quantitative estimate of drug-likeness (QED) is 0.800. The van der Waals surface area contributed by atoms with Crippen molar-refractivity contribution in [1.29, 1.82) is 0 Å². The second-order valence-corrected chi connectivity index (χ2v) is 4.48. The van der Waals surface area contributed by atoms with Crippen LogP contribution in [0.1, 0.15) is 27.2 Å². The monoisotopic (exact) mass is 228 g/mol. The van der Waals surface area contributed by atoms with E-state index in [1.165, 1.54) is 12.8 Å². The number of hydrogen-bond acceptors (Lipinski definition) is 3. The van der Waals surface area contributed by atoms with E-state index in [2.05, 4.69) is 23.7 Å². The van der Waals surface area contributed by atoms with Gasteiger partial charge in [0.05, 0.1) is 6.61 Å². The van der Waals surface area contributed by atoms with Crippen molar-refractivity contribution in [2.24, 2.45) is 5.92 Å². The van der Waals surface area contributed by atoms with Crippen molar-refractivity contribution >= 4 is 0 Å². The van der Waals surface area contributed by atoms with E-state index in [9.17, 15) is 0 Å². The minimum Gasteiger partial charge on any atom is -0.386 e. The van der Waals surface area contributed by atoms with E-state index in [4.69, 9.17) is 4.74 Å². The van der Waals surface area contributed by atoms with Crippen molar-refractivity contribution in [2.75, 3.05) is 39.9 Å². The third kappa shape index (κ3) is 7.71. The van der Waals surface area contributed by atoms with Gasteiger partial charge in [-0.1, -0.05) is 33.8 Å². The van der Waals surface area contributed by atoms with Crippen molar-refractivity contribution in [3.8, 4) is 0 Å². The summed E-state index contributed by atoms with van der Waals surface area (Å²) in [5.41, 5.74) is 1.12. The first-order chi connectivity index (χ1) is 7.22. The van der Waals surface area contributed by atoms with Crippen LogP contribution in [0.3, 0.4) is 0 Å². The minimum atomic E-state index is 0. The van der Waals surface area contributed by atoms with E-state index < -0.39 is 0 Å². The predicted molar refractivity (Wildman–Crippen MR) is 70.6 cm³/mol. The third-order valence-corrected chi connectivity index (χ3v) is 2.70. The second kappa shape index (κ2) is 8.59. The summed E-state index contributed by atoms with van der Waals surface area (Å²) in [6.07, 6.45) is 2.97. The first-order valence-corrected chi connectivity index (χ1v) is 5.85. The fraction of sp³-hybridized carbons (Fsp3) is 0.846. The van der Waals surface area contributed by atoms with Crippen LogP contribution in [0.2, 0.25) is 0 Å². The van der Waals surface area contributed by atoms with E-state index in [1.807, 2.05) is 0 Å². The van der Waals surface area contributed by atoms with Gasteiger partial charge in [0.2, 0.25) is 0 Å². The Morgan fingerprint density at radius 2 is 2.12 bits per heavy atom. The van der Waals surface area contributed by atoms with Crippen LogP contribution >= 0.6 is 0 Å². The Labute approximate surface area is 101 Å². The molecule has 0 aromatic rings. The Morgan fingerprint density at radius 1 is 1.50 bits per heavy atom. The van der Waals surface area contributed by atoms with Gasteiger partial charge >= 0.3 is 0 Å². The van der Waals surface area contributed by atoms with Crippen LogP contribution in [-0.4, -0.2) is 44.8 Å². The normalized spacial score (nSPS) is 20.2. The topological polar surface area (TPSA) is 24.5 Å². The number of nitrogens with one attached hydrogen (secondary N) is 1. The van der Waals surface area contributed by atoms with E-state index in [-0.39, 0.29) is 7.43 Å². The average molecular weight is 228 g/mol. The molecule has 0 amide bonds. The first-order valence-electron chi connectivity index (χ1n) is 5.85. The van der Waals surface area contributed by atoms with Gasteiger partial charge in [0, 0.05) is 39.0 Å². The molecule has 2 aliphatic rings. The first kappa shape index (κ1) is 15.5. The van der Waals surface area contributed by atoms with E-state index in [1.54, 1.807) is 7.11 Å². The highest BCUT2D eigenvalue weighted by atomic mass is 16.5. The summed E-state index contributed by atoms with van der Waals surface area (Å²) in [6.45, 7) is 11.1. The number of ether oxygens (including phenoxy) is 1. The van der Waals surface area contributed by atoms with Gasteiger partial charge < -0.3 is 10.1 Å². The fourth-order valence-corrected chi connectivity index (χ4v) is 1.37. The van der Waals surface area contributed by atoms with Crippen molar-refractivity contribution in [3.05, 3.63) is 12.3 Å². The highest BCUT2D eigenvalue weighted by molar-refractivity contribution is 4.97. The van der Waals surface area contributed by atoms with Gasteiger partial charge in [-0.15, -0.1) is 0 Å². The minimum absolute atomic E-state index is 0. The average Bonchev–Trinajstić information content (AvgIpc) is 2.99. The molecule has 1 N–H and O–H groups in total. The molecule has 2 rings (SSSR count).